The van der Waals surface area contributed by atoms with Crippen LogP contribution in [0.15, 0.2) is 41.1 Å². The van der Waals surface area contributed by atoms with Crippen LogP contribution >= 0.6 is 0 Å². The Kier molecular flexibility index (Phi) is 3.04. The van der Waals surface area contributed by atoms with Gasteiger partial charge in [0.2, 0.25) is 0 Å². The van der Waals surface area contributed by atoms with Gasteiger partial charge >= 0.3 is 6.01 Å². The molecule has 0 unspecified atom stereocenters. The second-order valence-corrected chi connectivity index (χ2v) is 5.09. The molecule has 7 nitrogen and oxygen atoms in total. The first-order valence-electron chi connectivity index (χ1n) is 7.04. The minimum absolute atomic E-state index is 0.0232. The van der Waals surface area contributed by atoms with Crippen LogP contribution in [-0.4, -0.2) is 27.3 Å². The summed E-state index contributed by atoms with van der Waals surface area (Å²) in [6, 6.07) is 5.82. The summed E-state index contributed by atoms with van der Waals surface area (Å²) in [5, 5.41) is 7.55. The Bertz CT molecular complexity index is 916. The van der Waals surface area contributed by atoms with Crippen molar-refractivity contribution < 1.29 is 9.15 Å². The zero-order chi connectivity index (χ0) is 15.8. The van der Waals surface area contributed by atoms with Crippen LogP contribution in [-0.2, 0) is 6.42 Å². The molecule has 4 rings (SSSR count). The van der Waals surface area contributed by atoms with E-state index in [1.165, 1.54) is 0 Å². The standard InChI is InChI=1S/C16H13N5O2/c1-22-11-6-10(7-18-8-11)12-4-2-9-3-5-13(19-14(9)12)15-20-21-16(17)23-15/h3-8H,2H2,1H3,(H2,17,21). The number of methoxy groups -OCH3 is 1. The summed E-state index contributed by atoms with van der Waals surface area (Å²) in [5.74, 6) is 1.01. The molecule has 0 spiro atoms. The van der Waals surface area contributed by atoms with Crippen molar-refractivity contribution in [3.63, 3.8) is 0 Å². The lowest BCUT2D eigenvalue weighted by Gasteiger charge is -2.07. The molecular weight excluding hydrogens is 294 g/mol. The number of hydrogen-bond donors (Lipinski definition) is 1. The third-order valence-corrected chi connectivity index (χ3v) is 3.68. The maximum Gasteiger partial charge on any atom is 0.313 e. The number of rotatable bonds is 3. The van der Waals surface area contributed by atoms with E-state index in [2.05, 4.69) is 26.2 Å². The normalized spacial score (nSPS) is 12.8. The van der Waals surface area contributed by atoms with Gasteiger partial charge in [0, 0.05) is 17.3 Å². The summed E-state index contributed by atoms with van der Waals surface area (Å²) >= 11 is 0. The summed E-state index contributed by atoms with van der Waals surface area (Å²) in [6.45, 7) is 0. The maximum absolute atomic E-state index is 5.48. The number of allylic oxidation sites excluding steroid dienone is 1. The van der Waals surface area contributed by atoms with Crippen LogP contribution in [0.2, 0.25) is 0 Å². The Balaban J connectivity index is 1.77. The average molecular weight is 307 g/mol. The first kappa shape index (κ1) is 13.4. The number of fused-ring (bicyclic) bond motifs is 1. The van der Waals surface area contributed by atoms with Crippen molar-refractivity contribution in [3.05, 3.63) is 53.5 Å². The number of nitrogens with two attached hydrogens (primary N) is 1. The Labute approximate surface area is 131 Å². The van der Waals surface area contributed by atoms with Gasteiger partial charge in [0.15, 0.2) is 0 Å². The van der Waals surface area contributed by atoms with Crippen molar-refractivity contribution in [2.24, 2.45) is 0 Å². The Morgan fingerprint density at radius 3 is 2.91 bits per heavy atom. The zero-order valence-corrected chi connectivity index (χ0v) is 12.4. The molecule has 23 heavy (non-hydrogen) atoms. The maximum atomic E-state index is 5.48. The van der Waals surface area contributed by atoms with Gasteiger partial charge in [-0.25, -0.2) is 4.98 Å². The van der Waals surface area contributed by atoms with E-state index >= 15 is 0 Å². The minimum atomic E-state index is 0.0232. The highest BCUT2D eigenvalue weighted by atomic mass is 16.5. The summed E-state index contributed by atoms with van der Waals surface area (Å²) in [6.07, 6.45) is 6.41. The molecule has 3 heterocycles. The van der Waals surface area contributed by atoms with Gasteiger partial charge in [0.05, 0.1) is 19.0 Å². The molecule has 114 valence electrons. The number of anilines is 1. The van der Waals surface area contributed by atoms with Crippen LogP contribution in [0.25, 0.3) is 17.2 Å². The first-order chi connectivity index (χ1) is 11.2. The predicted molar refractivity (Wildman–Crippen MR) is 83.5 cm³/mol. The molecule has 0 saturated carbocycles. The molecule has 0 aromatic carbocycles. The van der Waals surface area contributed by atoms with Crippen molar-refractivity contribution in [1.82, 2.24) is 20.2 Å². The average Bonchev–Trinajstić information content (AvgIpc) is 3.20. The molecule has 3 aromatic heterocycles. The second kappa shape index (κ2) is 5.20. The van der Waals surface area contributed by atoms with Crippen molar-refractivity contribution >= 4 is 11.6 Å². The molecule has 0 amide bonds. The van der Waals surface area contributed by atoms with E-state index in [1.54, 1.807) is 19.5 Å². The first-order valence-corrected chi connectivity index (χ1v) is 7.04. The van der Waals surface area contributed by atoms with E-state index in [9.17, 15) is 0 Å². The fraction of sp³-hybridized carbons (Fsp3) is 0.125. The van der Waals surface area contributed by atoms with Crippen LogP contribution in [0.1, 0.15) is 16.8 Å². The van der Waals surface area contributed by atoms with Crippen LogP contribution in [0.5, 0.6) is 5.75 Å². The molecule has 3 aromatic rings. The van der Waals surface area contributed by atoms with Crippen LogP contribution in [0, 0.1) is 0 Å². The minimum Gasteiger partial charge on any atom is -0.495 e. The molecule has 0 aliphatic heterocycles. The van der Waals surface area contributed by atoms with E-state index in [-0.39, 0.29) is 6.01 Å². The number of ether oxygens (including phenoxy) is 1. The molecule has 0 saturated heterocycles. The highest BCUT2D eigenvalue weighted by Gasteiger charge is 2.20. The molecule has 1 aliphatic rings. The molecule has 0 bridgehead atoms. The lowest BCUT2D eigenvalue weighted by atomic mass is 10.1. The molecular formula is C16H13N5O2. The van der Waals surface area contributed by atoms with Crippen LogP contribution in [0.3, 0.4) is 0 Å². The van der Waals surface area contributed by atoms with Crippen molar-refractivity contribution in [3.8, 4) is 17.3 Å². The van der Waals surface area contributed by atoms with Gasteiger partial charge in [0.25, 0.3) is 5.89 Å². The summed E-state index contributed by atoms with van der Waals surface area (Å²) in [7, 11) is 1.62. The van der Waals surface area contributed by atoms with Crippen molar-refractivity contribution in [2.45, 2.75) is 6.42 Å². The predicted octanol–water partition coefficient (Wildman–Crippen LogP) is 2.11. The van der Waals surface area contributed by atoms with Gasteiger partial charge in [0.1, 0.15) is 11.4 Å². The van der Waals surface area contributed by atoms with Crippen molar-refractivity contribution in [1.29, 1.82) is 0 Å². The number of nitrogen functional groups attached to an aromatic ring is 1. The number of nitrogens with zero attached hydrogens (tertiary/aromatic N) is 4. The van der Waals surface area contributed by atoms with Gasteiger partial charge in [-0.05, 0) is 24.1 Å². The van der Waals surface area contributed by atoms with E-state index in [4.69, 9.17) is 14.9 Å². The highest BCUT2D eigenvalue weighted by Crippen LogP contribution is 2.33. The Morgan fingerprint density at radius 2 is 2.13 bits per heavy atom. The van der Waals surface area contributed by atoms with E-state index < -0.39 is 0 Å². The number of pyridine rings is 2. The molecule has 0 atom stereocenters. The fourth-order valence-corrected chi connectivity index (χ4v) is 2.58. The molecule has 2 N–H and O–H groups in total. The van der Waals surface area contributed by atoms with E-state index in [1.807, 2.05) is 18.2 Å². The van der Waals surface area contributed by atoms with Gasteiger partial charge in [-0.15, -0.1) is 5.10 Å². The lowest BCUT2D eigenvalue weighted by Crippen LogP contribution is -1.96. The Morgan fingerprint density at radius 1 is 1.22 bits per heavy atom. The second-order valence-electron chi connectivity index (χ2n) is 5.09. The third kappa shape index (κ3) is 2.32. The summed E-state index contributed by atoms with van der Waals surface area (Å²) in [5.41, 5.74) is 10.1. The van der Waals surface area contributed by atoms with Gasteiger partial charge in [-0.1, -0.05) is 17.2 Å². The molecule has 1 aliphatic carbocycles. The summed E-state index contributed by atoms with van der Waals surface area (Å²) < 4.78 is 10.5. The number of aromatic nitrogens is 4. The zero-order valence-electron chi connectivity index (χ0n) is 12.4. The molecule has 0 radical (unpaired) electrons. The SMILES string of the molecule is COc1cncc(C2=CCc3ccc(-c4nnc(N)o4)nc32)c1. The van der Waals surface area contributed by atoms with Gasteiger partial charge in [-0.3, -0.25) is 4.98 Å². The molecule has 7 heteroatoms. The van der Waals surface area contributed by atoms with E-state index in [0.29, 0.717) is 17.3 Å². The van der Waals surface area contributed by atoms with Crippen LogP contribution < -0.4 is 10.5 Å². The topological polar surface area (TPSA) is 100.0 Å². The van der Waals surface area contributed by atoms with Gasteiger partial charge < -0.3 is 14.9 Å². The highest BCUT2D eigenvalue weighted by molar-refractivity contribution is 5.83. The van der Waals surface area contributed by atoms with Crippen molar-refractivity contribution in [2.75, 3.05) is 12.8 Å². The monoisotopic (exact) mass is 307 g/mol. The Hall–Kier alpha value is -3.22. The quantitative estimate of drug-likeness (QED) is 0.790. The number of hydrogen-bond acceptors (Lipinski definition) is 7. The van der Waals surface area contributed by atoms with Crippen LogP contribution in [0.4, 0.5) is 6.01 Å². The summed E-state index contributed by atoms with van der Waals surface area (Å²) in [4.78, 5) is 8.87. The fourth-order valence-electron chi connectivity index (χ4n) is 2.58. The molecule has 0 fully saturated rings. The third-order valence-electron chi connectivity index (χ3n) is 3.68. The van der Waals surface area contributed by atoms with E-state index in [0.717, 1.165) is 28.8 Å². The lowest BCUT2D eigenvalue weighted by molar-refractivity contribution is 0.413. The smallest absolute Gasteiger partial charge is 0.313 e. The largest absolute Gasteiger partial charge is 0.495 e. The van der Waals surface area contributed by atoms with Gasteiger partial charge in [-0.2, -0.15) is 0 Å².